The second kappa shape index (κ2) is 5.80. The fraction of sp³-hybridized carbons (Fsp3) is 0. The molecule has 2 amide bonds. The summed E-state index contributed by atoms with van der Waals surface area (Å²) in [5, 5.41) is 2.67. The molecule has 0 aromatic heterocycles. The van der Waals surface area contributed by atoms with Gasteiger partial charge in [-0.3, -0.25) is 9.59 Å². The molecule has 0 aliphatic rings. The summed E-state index contributed by atoms with van der Waals surface area (Å²) in [4.78, 5) is 23.2. The van der Waals surface area contributed by atoms with Crippen molar-refractivity contribution in [1.29, 1.82) is 0 Å². The summed E-state index contributed by atoms with van der Waals surface area (Å²) in [5.41, 5.74) is 10.8. The van der Waals surface area contributed by atoms with Crippen molar-refractivity contribution in [2.24, 2.45) is 5.73 Å². The van der Waals surface area contributed by atoms with E-state index in [1.807, 2.05) is 0 Å². The Hall–Kier alpha value is -2.60. The van der Waals surface area contributed by atoms with E-state index >= 15 is 0 Å². The molecule has 21 heavy (non-hydrogen) atoms. The minimum absolute atomic E-state index is 0.00873. The summed E-state index contributed by atoms with van der Waals surface area (Å²) >= 11 is 5.81. The molecule has 0 saturated heterocycles. The van der Waals surface area contributed by atoms with Crippen LogP contribution in [0.25, 0.3) is 0 Å². The number of nitrogens with one attached hydrogen (secondary N) is 1. The predicted molar refractivity (Wildman–Crippen MR) is 78.7 cm³/mol. The summed E-state index contributed by atoms with van der Waals surface area (Å²) in [6.07, 6.45) is 0. The fourth-order valence-electron chi connectivity index (χ4n) is 1.73. The lowest BCUT2D eigenvalue weighted by Crippen LogP contribution is -2.16. The number of nitrogens with two attached hydrogens (primary N) is 2. The van der Waals surface area contributed by atoms with E-state index in [4.69, 9.17) is 23.1 Å². The van der Waals surface area contributed by atoms with Crippen molar-refractivity contribution >= 4 is 34.8 Å². The third-order valence-corrected chi connectivity index (χ3v) is 3.12. The van der Waals surface area contributed by atoms with Gasteiger partial charge in [-0.1, -0.05) is 17.7 Å². The van der Waals surface area contributed by atoms with Crippen molar-refractivity contribution in [2.45, 2.75) is 0 Å². The second-order valence-corrected chi connectivity index (χ2v) is 4.62. The van der Waals surface area contributed by atoms with Crippen LogP contribution in [0, 0.1) is 5.82 Å². The molecule has 2 aromatic carbocycles. The number of nitrogen functional groups attached to an aromatic ring is 1. The van der Waals surface area contributed by atoms with Crippen molar-refractivity contribution in [3.8, 4) is 0 Å². The number of rotatable bonds is 3. The van der Waals surface area contributed by atoms with Crippen LogP contribution in [-0.2, 0) is 0 Å². The minimum atomic E-state index is -0.721. The molecule has 0 unspecified atom stereocenters. The molecular weight excluding hydrogens is 297 g/mol. The summed E-state index contributed by atoms with van der Waals surface area (Å²) in [5.74, 6) is -2.01. The molecule has 2 aromatic rings. The Morgan fingerprint density at radius 3 is 2.52 bits per heavy atom. The van der Waals surface area contributed by atoms with Crippen LogP contribution in [0.1, 0.15) is 20.7 Å². The highest BCUT2D eigenvalue weighted by Crippen LogP contribution is 2.22. The van der Waals surface area contributed by atoms with Crippen LogP contribution in [0.5, 0.6) is 0 Å². The number of hydrogen-bond acceptors (Lipinski definition) is 3. The zero-order valence-corrected chi connectivity index (χ0v) is 11.4. The van der Waals surface area contributed by atoms with E-state index in [1.165, 1.54) is 30.3 Å². The van der Waals surface area contributed by atoms with Crippen LogP contribution < -0.4 is 16.8 Å². The zero-order chi connectivity index (χ0) is 15.6. The Morgan fingerprint density at radius 2 is 1.86 bits per heavy atom. The van der Waals surface area contributed by atoms with Crippen molar-refractivity contribution in [3.63, 3.8) is 0 Å². The summed E-state index contributed by atoms with van der Waals surface area (Å²) in [6.45, 7) is 0. The van der Waals surface area contributed by atoms with E-state index in [2.05, 4.69) is 5.32 Å². The minimum Gasteiger partial charge on any atom is -0.396 e. The Bertz CT molecular complexity index is 734. The molecule has 108 valence electrons. The first-order chi connectivity index (χ1) is 9.90. The van der Waals surface area contributed by atoms with Gasteiger partial charge in [0.1, 0.15) is 5.82 Å². The number of hydrogen-bond donors (Lipinski definition) is 3. The third kappa shape index (κ3) is 3.11. The number of amides is 2. The Labute approximate surface area is 124 Å². The Kier molecular flexibility index (Phi) is 4.09. The Morgan fingerprint density at radius 1 is 1.14 bits per heavy atom. The van der Waals surface area contributed by atoms with Crippen LogP contribution in [0.3, 0.4) is 0 Å². The summed E-state index contributed by atoms with van der Waals surface area (Å²) in [6, 6.07) is 8.15. The van der Waals surface area contributed by atoms with Crippen LogP contribution in [0.15, 0.2) is 36.4 Å². The number of benzene rings is 2. The maximum Gasteiger partial charge on any atom is 0.257 e. The highest BCUT2D eigenvalue weighted by Gasteiger charge is 2.14. The summed E-state index contributed by atoms with van der Waals surface area (Å²) in [7, 11) is 0. The van der Waals surface area contributed by atoms with Crippen molar-refractivity contribution in [1.82, 2.24) is 0 Å². The summed E-state index contributed by atoms with van der Waals surface area (Å²) < 4.78 is 13.3. The first-order valence-corrected chi connectivity index (χ1v) is 6.22. The largest absolute Gasteiger partial charge is 0.396 e. The van der Waals surface area contributed by atoms with Crippen LogP contribution in [0.4, 0.5) is 15.8 Å². The van der Waals surface area contributed by atoms with E-state index < -0.39 is 17.6 Å². The molecule has 7 heteroatoms. The van der Waals surface area contributed by atoms with E-state index in [9.17, 15) is 14.0 Å². The first-order valence-electron chi connectivity index (χ1n) is 5.85. The SMILES string of the molecule is NC(=O)c1cc(NC(=O)c2cccc(F)c2N)ccc1Cl. The van der Waals surface area contributed by atoms with E-state index in [0.717, 1.165) is 6.07 Å². The molecule has 0 spiro atoms. The standard InChI is InChI=1S/C14H11ClFN3O2/c15-10-5-4-7(6-9(10)13(18)20)19-14(21)8-2-1-3-11(16)12(8)17/h1-6H,17H2,(H2,18,20)(H,19,21). The van der Waals surface area contributed by atoms with Gasteiger partial charge >= 0.3 is 0 Å². The maximum absolute atomic E-state index is 13.3. The molecule has 0 heterocycles. The van der Waals surface area contributed by atoms with Crippen LogP contribution in [-0.4, -0.2) is 11.8 Å². The van der Waals surface area contributed by atoms with Gasteiger partial charge < -0.3 is 16.8 Å². The molecule has 0 radical (unpaired) electrons. The quantitative estimate of drug-likeness (QED) is 0.759. The van der Waals surface area contributed by atoms with Crippen molar-refractivity contribution in [2.75, 3.05) is 11.1 Å². The molecule has 5 N–H and O–H groups in total. The first kappa shape index (κ1) is 14.8. The van der Waals surface area contributed by atoms with Crippen molar-refractivity contribution < 1.29 is 14.0 Å². The number of carbonyl (C=O) groups is 2. The van der Waals surface area contributed by atoms with E-state index in [0.29, 0.717) is 5.69 Å². The highest BCUT2D eigenvalue weighted by molar-refractivity contribution is 6.34. The number of para-hydroxylation sites is 1. The van der Waals surface area contributed by atoms with E-state index in [1.54, 1.807) is 0 Å². The van der Waals surface area contributed by atoms with E-state index in [-0.39, 0.29) is 21.8 Å². The van der Waals surface area contributed by atoms with Gasteiger partial charge in [0.25, 0.3) is 5.91 Å². The number of primary amides is 1. The lowest BCUT2D eigenvalue weighted by atomic mass is 10.1. The lowest BCUT2D eigenvalue weighted by molar-refractivity contribution is 0.0996. The molecule has 0 atom stereocenters. The highest BCUT2D eigenvalue weighted by atomic mass is 35.5. The van der Waals surface area contributed by atoms with Gasteiger partial charge in [-0.15, -0.1) is 0 Å². The molecule has 0 aliphatic heterocycles. The molecule has 0 aliphatic carbocycles. The molecular formula is C14H11ClFN3O2. The van der Waals surface area contributed by atoms with Gasteiger partial charge in [0.2, 0.25) is 5.91 Å². The van der Waals surface area contributed by atoms with Crippen LogP contribution in [0.2, 0.25) is 5.02 Å². The third-order valence-electron chi connectivity index (χ3n) is 2.79. The van der Waals surface area contributed by atoms with Crippen molar-refractivity contribution in [3.05, 3.63) is 58.4 Å². The average molecular weight is 308 g/mol. The van der Waals surface area contributed by atoms with Gasteiger partial charge in [0.15, 0.2) is 0 Å². The molecule has 2 rings (SSSR count). The normalized spacial score (nSPS) is 10.2. The molecule has 5 nitrogen and oxygen atoms in total. The molecule has 0 fully saturated rings. The zero-order valence-electron chi connectivity index (χ0n) is 10.7. The monoisotopic (exact) mass is 307 g/mol. The molecule has 0 saturated carbocycles. The smallest absolute Gasteiger partial charge is 0.257 e. The molecule has 0 bridgehead atoms. The number of anilines is 2. The average Bonchev–Trinajstić information content (AvgIpc) is 2.43. The van der Waals surface area contributed by atoms with Gasteiger partial charge in [0.05, 0.1) is 21.8 Å². The fourth-order valence-corrected chi connectivity index (χ4v) is 1.94. The number of carbonyl (C=O) groups excluding carboxylic acids is 2. The second-order valence-electron chi connectivity index (χ2n) is 4.21. The topological polar surface area (TPSA) is 98.2 Å². The van der Waals surface area contributed by atoms with Gasteiger partial charge in [-0.05, 0) is 30.3 Å². The lowest BCUT2D eigenvalue weighted by Gasteiger charge is -2.09. The number of halogens is 2. The Balaban J connectivity index is 2.30. The van der Waals surface area contributed by atoms with Gasteiger partial charge in [-0.25, -0.2) is 4.39 Å². The van der Waals surface area contributed by atoms with Crippen LogP contribution >= 0.6 is 11.6 Å². The van der Waals surface area contributed by atoms with Gasteiger partial charge in [-0.2, -0.15) is 0 Å². The predicted octanol–water partition coefficient (Wildman–Crippen LogP) is 2.41. The van der Waals surface area contributed by atoms with Gasteiger partial charge in [0, 0.05) is 5.69 Å². The maximum atomic E-state index is 13.3.